The van der Waals surface area contributed by atoms with Gasteiger partial charge in [0.25, 0.3) is 5.91 Å². The summed E-state index contributed by atoms with van der Waals surface area (Å²) >= 11 is 0. The Kier molecular flexibility index (Phi) is 5.23. The average Bonchev–Trinajstić information content (AvgIpc) is 3.10. The molecule has 4 rings (SSSR count). The predicted octanol–water partition coefficient (Wildman–Crippen LogP) is 5.37. The number of amides is 1. The van der Waals surface area contributed by atoms with Crippen molar-refractivity contribution in [3.8, 4) is 11.8 Å². The molecule has 4 aromatic rings. The first-order valence-corrected chi connectivity index (χ1v) is 9.73. The molecule has 3 aromatic carbocycles. The van der Waals surface area contributed by atoms with E-state index in [2.05, 4.69) is 28.9 Å². The number of hydrogen-bond acceptors (Lipinski definition) is 3. The van der Waals surface area contributed by atoms with Gasteiger partial charge in [0.05, 0.1) is 12.8 Å². The van der Waals surface area contributed by atoms with Crippen LogP contribution >= 0.6 is 0 Å². The monoisotopic (exact) mass is 395 g/mol. The van der Waals surface area contributed by atoms with Crippen LogP contribution in [0, 0.1) is 11.3 Å². The zero-order valence-corrected chi connectivity index (χ0v) is 16.8. The Morgan fingerprint density at radius 1 is 1.07 bits per heavy atom. The van der Waals surface area contributed by atoms with Crippen molar-refractivity contribution in [2.45, 2.75) is 13.5 Å². The lowest BCUT2D eigenvalue weighted by Crippen LogP contribution is -2.14. The predicted molar refractivity (Wildman–Crippen MR) is 120 cm³/mol. The van der Waals surface area contributed by atoms with Gasteiger partial charge in [0.2, 0.25) is 0 Å². The fraction of sp³-hybridized carbons (Fsp3) is 0.120. The van der Waals surface area contributed by atoms with Crippen molar-refractivity contribution in [3.05, 3.63) is 77.9 Å². The molecule has 1 aromatic heterocycles. The lowest BCUT2D eigenvalue weighted by molar-refractivity contribution is -0.112. The van der Waals surface area contributed by atoms with Crippen molar-refractivity contribution in [3.63, 3.8) is 0 Å². The van der Waals surface area contributed by atoms with Gasteiger partial charge < -0.3 is 14.6 Å². The number of ether oxygens (including phenoxy) is 1. The second-order valence-corrected chi connectivity index (χ2v) is 6.86. The number of nitrogens with one attached hydrogen (secondary N) is 1. The molecule has 0 aliphatic carbocycles. The Labute approximate surface area is 174 Å². The first-order valence-electron chi connectivity index (χ1n) is 9.73. The molecule has 0 aliphatic heterocycles. The highest BCUT2D eigenvalue weighted by atomic mass is 16.5. The van der Waals surface area contributed by atoms with Crippen LogP contribution < -0.4 is 10.1 Å². The van der Waals surface area contributed by atoms with Crippen LogP contribution in [0.1, 0.15) is 12.5 Å². The second kappa shape index (κ2) is 8.14. The fourth-order valence-corrected chi connectivity index (χ4v) is 3.75. The van der Waals surface area contributed by atoms with E-state index in [0.717, 1.165) is 28.4 Å². The molecule has 30 heavy (non-hydrogen) atoms. The smallest absolute Gasteiger partial charge is 0.266 e. The number of methoxy groups -OCH3 is 1. The Balaban J connectivity index is 1.73. The van der Waals surface area contributed by atoms with Crippen LogP contribution in [0.25, 0.3) is 27.9 Å². The number of para-hydroxylation sites is 3. The maximum absolute atomic E-state index is 12.7. The molecule has 0 saturated carbocycles. The lowest BCUT2D eigenvalue weighted by atomic mass is 10.1. The van der Waals surface area contributed by atoms with E-state index in [0.29, 0.717) is 11.4 Å². The molecule has 0 bridgehead atoms. The maximum atomic E-state index is 12.7. The van der Waals surface area contributed by atoms with Gasteiger partial charge in [-0.25, -0.2) is 0 Å². The number of fused-ring (bicyclic) bond motifs is 3. The standard InChI is InChI=1S/C25H21N3O2/c1-3-28-22-10-6-4-8-19(22)20-15-17(12-13-23(20)28)14-18(16-26)25(29)27-21-9-5-7-11-24(21)30-2/h4-15H,3H2,1-2H3,(H,27,29)/b18-14+. The van der Waals surface area contributed by atoms with E-state index in [4.69, 9.17) is 4.74 Å². The van der Waals surface area contributed by atoms with Crippen LogP contribution in [0.15, 0.2) is 72.3 Å². The second-order valence-electron chi connectivity index (χ2n) is 6.86. The van der Waals surface area contributed by atoms with Crippen molar-refractivity contribution in [1.82, 2.24) is 4.57 Å². The van der Waals surface area contributed by atoms with Crippen LogP contribution in [-0.2, 0) is 11.3 Å². The number of aryl methyl sites for hydroxylation is 1. The molecule has 0 unspecified atom stereocenters. The first-order chi connectivity index (χ1) is 14.7. The Morgan fingerprint density at radius 3 is 2.57 bits per heavy atom. The van der Waals surface area contributed by atoms with E-state index in [1.165, 1.54) is 12.6 Å². The summed E-state index contributed by atoms with van der Waals surface area (Å²) in [7, 11) is 1.54. The maximum Gasteiger partial charge on any atom is 0.266 e. The zero-order valence-electron chi connectivity index (χ0n) is 16.8. The number of anilines is 1. The van der Waals surface area contributed by atoms with Crippen molar-refractivity contribution >= 4 is 39.5 Å². The molecule has 0 saturated heterocycles. The highest BCUT2D eigenvalue weighted by Gasteiger charge is 2.13. The molecule has 1 N–H and O–H groups in total. The molecule has 148 valence electrons. The molecular formula is C25H21N3O2. The van der Waals surface area contributed by atoms with E-state index in [9.17, 15) is 10.1 Å². The molecule has 1 amide bonds. The van der Waals surface area contributed by atoms with E-state index < -0.39 is 5.91 Å². The van der Waals surface area contributed by atoms with Gasteiger partial charge in [0, 0.05) is 28.4 Å². The Bertz CT molecular complexity index is 1330. The summed E-state index contributed by atoms with van der Waals surface area (Å²) in [5.74, 6) is 0.0648. The molecular weight excluding hydrogens is 374 g/mol. The number of rotatable bonds is 5. The summed E-state index contributed by atoms with van der Waals surface area (Å²) in [5.41, 5.74) is 3.65. The first kappa shape index (κ1) is 19.3. The SMILES string of the molecule is CCn1c2ccccc2c2cc(/C=C(\C#N)C(=O)Nc3ccccc3OC)ccc21. The summed E-state index contributed by atoms with van der Waals surface area (Å²) in [6.45, 7) is 2.99. The van der Waals surface area contributed by atoms with Crippen molar-refractivity contribution in [1.29, 1.82) is 5.26 Å². The summed E-state index contributed by atoms with van der Waals surface area (Å²) in [5, 5.41) is 14.6. The fourth-order valence-electron chi connectivity index (χ4n) is 3.75. The molecule has 0 radical (unpaired) electrons. The summed E-state index contributed by atoms with van der Waals surface area (Å²) in [4.78, 5) is 12.7. The van der Waals surface area contributed by atoms with Gasteiger partial charge in [-0.15, -0.1) is 0 Å². The average molecular weight is 395 g/mol. The molecule has 0 spiro atoms. The zero-order chi connectivity index (χ0) is 21.1. The molecule has 0 atom stereocenters. The van der Waals surface area contributed by atoms with Gasteiger partial charge in [0.15, 0.2) is 0 Å². The molecule has 1 heterocycles. The van der Waals surface area contributed by atoms with E-state index >= 15 is 0 Å². The summed E-state index contributed by atoms with van der Waals surface area (Å²) in [6, 6.07) is 23.4. The highest BCUT2D eigenvalue weighted by Crippen LogP contribution is 2.30. The number of nitriles is 1. The van der Waals surface area contributed by atoms with Gasteiger partial charge in [-0.1, -0.05) is 36.4 Å². The quantitative estimate of drug-likeness (QED) is 0.365. The van der Waals surface area contributed by atoms with E-state index in [-0.39, 0.29) is 5.57 Å². The minimum atomic E-state index is -0.474. The van der Waals surface area contributed by atoms with Crippen molar-refractivity contribution < 1.29 is 9.53 Å². The number of benzene rings is 3. The largest absolute Gasteiger partial charge is 0.495 e. The van der Waals surface area contributed by atoms with E-state index in [1.54, 1.807) is 24.3 Å². The topological polar surface area (TPSA) is 67.0 Å². The normalized spacial score (nSPS) is 11.4. The molecule has 0 fully saturated rings. The number of aromatic nitrogens is 1. The molecule has 0 aliphatic rings. The van der Waals surface area contributed by atoms with Gasteiger partial charge >= 0.3 is 0 Å². The molecule has 5 nitrogen and oxygen atoms in total. The number of hydrogen-bond donors (Lipinski definition) is 1. The Morgan fingerprint density at radius 2 is 1.80 bits per heavy atom. The van der Waals surface area contributed by atoms with Crippen LogP contribution in [0.3, 0.4) is 0 Å². The van der Waals surface area contributed by atoms with Crippen molar-refractivity contribution in [2.75, 3.05) is 12.4 Å². The highest BCUT2D eigenvalue weighted by molar-refractivity contribution is 6.11. The number of carbonyl (C=O) groups excluding carboxylic acids is 1. The third-order valence-electron chi connectivity index (χ3n) is 5.14. The van der Waals surface area contributed by atoms with Gasteiger partial charge in [-0.2, -0.15) is 5.26 Å². The third-order valence-corrected chi connectivity index (χ3v) is 5.14. The number of carbonyl (C=O) groups is 1. The van der Waals surface area contributed by atoms with Crippen LogP contribution in [0.4, 0.5) is 5.69 Å². The van der Waals surface area contributed by atoms with Gasteiger partial charge in [-0.3, -0.25) is 4.79 Å². The van der Waals surface area contributed by atoms with Gasteiger partial charge in [0.1, 0.15) is 17.4 Å². The minimum absolute atomic E-state index is 0.0273. The Hall–Kier alpha value is -4.04. The van der Waals surface area contributed by atoms with Crippen molar-refractivity contribution in [2.24, 2.45) is 0 Å². The summed E-state index contributed by atoms with van der Waals surface area (Å²) < 4.78 is 7.52. The van der Waals surface area contributed by atoms with Crippen LogP contribution in [0.2, 0.25) is 0 Å². The minimum Gasteiger partial charge on any atom is -0.495 e. The van der Waals surface area contributed by atoms with Gasteiger partial charge in [-0.05, 0) is 48.9 Å². The summed E-state index contributed by atoms with van der Waals surface area (Å²) in [6.07, 6.45) is 1.61. The van der Waals surface area contributed by atoms with E-state index in [1.807, 2.05) is 42.5 Å². The molecule has 5 heteroatoms. The lowest BCUT2D eigenvalue weighted by Gasteiger charge is -2.09. The van der Waals surface area contributed by atoms with Crippen LogP contribution in [-0.4, -0.2) is 17.6 Å². The number of nitrogens with zero attached hydrogens (tertiary/aromatic N) is 2. The third kappa shape index (κ3) is 3.40. The van der Waals surface area contributed by atoms with Crippen LogP contribution in [0.5, 0.6) is 5.75 Å².